The van der Waals surface area contributed by atoms with Crippen molar-refractivity contribution in [1.29, 1.82) is 5.26 Å². The van der Waals surface area contributed by atoms with Gasteiger partial charge in [-0.1, -0.05) is 38.1 Å². The molecule has 2 heterocycles. The molecular formula is C25H22N4O4S. The van der Waals surface area contributed by atoms with Gasteiger partial charge in [-0.2, -0.15) is 18.7 Å². The number of carbonyl (C=O) groups is 1. The molecule has 0 radical (unpaired) electrons. The molecule has 2 aliphatic rings. The van der Waals surface area contributed by atoms with Gasteiger partial charge >= 0.3 is 10.1 Å². The van der Waals surface area contributed by atoms with Crippen molar-refractivity contribution >= 4 is 26.8 Å². The number of allylic oxidation sites excluding steroid dienone is 2. The molecule has 2 aliphatic carbocycles. The Morgan fingerprint density at radius 2 is 1.97 bits per heavy atom. The molecule has 172 valence electrons. The van der Waals surface area contributed by atoms with E-state index in [1.54, 1.807) is 18.3 Å². The number of Topliss-reactive ketones (excluding diaryl/α,β-unsaturated/α-hetero) is 1. The number of ketones is 1. The van der Waals surface area contributed by atoms with Crippen LogP contribution in [-0.4, -0.2) is 35.4 Å². The van der Waals surface area contributed by atoms with Gasteiger partial charge in [0, 0.05) is 34.0 Å². The second-order valence-corrected chi connectivity index (χ2v) is 10.7. The molecule has 0 aliphatic heterocycles. The van der Waals surface area contributed by atoms with E-state index in [0.717, 1.165) is 17.2 Å². The maximum Gasteiger partial charge on any atom is 0.307 e. The van der Waals surface area contributed by atoms with Crippen LogP contribution in [0.3, 0.4) is 0 Å². The average molecular weight is 475 g/mol. The topological polar surface area (TPSA) is 123 Å². The van der Waals surface area contributed by atoms with Crippen LogP contribution in [0.1, 0.15) is 31.5 Å². The lowest BCUT2D eigenvalue weighted by molar-refractivity contribution is -0.121. The van der Waals surface area contributed by atoms with Gasteiger partial charge in [0.25, 0.3) is 0 Å². The predicted molar refractivity (Wildman–Crippen MR) is 125 cm³/mol. The van der Waals surface area contributed by atoms with E-state index >= 15 is 0 Å². The van der Waals surface area contributed by atoms with Gasteiger partial charge in [-0.15, -0.1) is 0 Å². The fourth-order valence-electron chi connectivity index (χ4n) is 5.36. The van der Waals surface area contributed by atoms with E-state index < -0.39 is 15.5 Å². The first kappa shape index (κ1) is 22.2. The molecular weight excluding hydrogens is 452 g/mol. The van der Waals surface area contributed by atoms with Crippen LogP contribution in [0, 0.1) is 23.2 Å². The molecule has 3 aromatic rings. The van der Waals surface area contributed by atoms with Crippen molar-refractivity contribution in [3.05, 3.63) is 59.4 Å². The van der Waals surface area contributed by atoms with E-state index in [2.05, 4.69) is 9.97 Å². The van der Waals surface area contributed by atoms with Crippen LogP contribution >= 0.6 is 0 Å². The maximum absolute atomic E-state index is 12.7. The van der Waals surface area contributed by atoms with Gasteiger partial charge in [0.2, 0.25) is 5.88 Å². The summed E-state index contributed by atoms with van der Waals surface area (Å²) in [5.74, 6) is -0.339. The SMILES string of the molecule is C[C@H]1C(=O)C(C#N)=C[C@@]2(C)c3nc(-c4ccnc5ccccc45)nc(OS(C)(=O)=O)c3CC[C@H]12. The highest BCUT2D eigenvalue weighted by Gasteiger charge is 2.50. The minimum Gasteiger partial charge on any atom is -0.361 e. The van der Waals surface area contributed by atoms with E-state index in [9.17, 15) is 18.5 Å². The van der Waals surface area contributed by atoms with Crippen molar-refractivity contribution in [2.24, 2.45) is 11.8 Å². The monoisotopic (exact) mass is 474 g/mol. The van der Waals surface area contributed by atoms with Gasteiger partial charge in [0.1, 0.15) is 6.07 Å². The molecule has 0 saturated heterocycles. The van der Waals surface area contributed by atoms with Crippen molar-refractivity contribution in [1.82, 2.24) is 15.0 Å². The minimum atomic E-state index is -3.86. The van der Waals surface area contributed by atoms with Gasteiger partial charge in [0.15, 0.2) is 11.6 Å². The quantitative estimate of drug-likeness (QED) is 0.528. The molecule has 34 heavy (non-hydrogen) atoms. The Bertz CT molecular complexity index is 1530. The van der Waals surface area contributed by atoms with Crippen LogP contribution in [-0.2, 0) is 26.7 Å². The zero-order valence-corrected chi connectivity index (χ0v) is 19.8. The molecule has 5 rings (SSSR count). The molecule has 0 saturated carbocycles. The van der Waals surface area contributed by atoms with E-state index in [-0.39, 0.29) is 29.1 Å². The third-order valence-electron chi connectivity index (χ3n) is 6.92. The Morgan fingerprint density at radius 1 is 1.21 bits per heavy atom. The largest absolute Gasteiger partial charge is 0.361 e. The number of hydrogen-bond donors (Lipinski definition) is 0. The predicted octanol–water partition coefficient (Wildman–Crippen LogP) is 3.52. The summed E-state index contributed by atoms with van der Waals surface area (Å²) in [5, 5.41) is 10.4. The van der Waals surface area contributed by atoms with Crippen LogP contribution in [0.2, 0.25) is 0 Å². The third-order valence-corrected chi connectivity index (χ3v) is 7.38. The highest BCUT2D eigenvalue weighted by Crippen LogP contribution is 2.51. The van der Waals surface area contributed by atoms with Gasteiger partial charge < -0.3 is 4.18 Å². The Balaban J connectivity index is 1.82. The number of para-hydroxylation sites is 1. The van der Waals surface area contributed by atoms with Crippen LogP contribution < -0.4 is 4.18 Å². The lowest BCUT2D eigenvalue weighted by atomic mass is 9.58. The Morgan fingerprint density at radius 3 is 2.71 bits per heavy atom. The molecule has 9 heteroatoms. The summed E-state index contributed by atoms with van der Waals surface area (Å²) in [6, 6.07) is 11.3. The van der Waals surface area contributed by atoms with E-state index in [1.807, 2.05) is 44.2 Å². The number of pyridine rings is 1. The Kier molecular flexibility index (Phi) is 5.02. The van der Waals surface area contributed by atoms with Crippen molar-refractivity contribution in [3.63, 3.8) is 0 Å². The summed E-state index contributed by atoms with van der Waals surface area (Å²) in [4.78, 5) is 26.6. The van der Waals surface area contributed by atoms with Gasteiger partial charge in [0.05, 0.1) is 23.0 Å². The van der Waals surface area contributed by atoms with Gasteiger partial charge in [-0.3, -0.25) is 9.78 Å². The molecule has 1 aromatic carbocycles. The molecule has 3 atom stereocenters. The van der Waals surface area contributed by atoms with Gasteiger partial charge in [-0.25, -0.2) is 4.98 Å². The zero-order valence-electron chi connectivity index (χ0n) is 18.9. The first-order chi connectivity index (χ1) is 16.1. The lowest BCUT2D eigenvalue weighted by Gasteiger charge is -2.45. The lowest BCUT2D eigenvalue weighted by Crippen LogP contribution is -2.46. The summed E-state index contributed by atoms with van der Waals surface area (Å²) < 4.78 is 29.6. The first-order valence-electron chi connectivity index (χ1n) is 10.9. The van der Waals surface area contributed by atoms with Crippen molar-refractivity contribution < 1.29 is 17.4 Å². The Hall–Kier alpha value is -3.64. The van der Waals surface area contributed by atoms with Crippen molar-refractivity contribution in [2.45, 2.75) is 32.1 Å². The number of hydrogen-bond acceptors (Lipinski definition) is 8. The van der Waals surface area contributed by atoms with Crippen LogP contribution in [0.4, 0.5) is 0 Å². The number of nitriles is 1. The van der Waals surface area contributed by atoms with E-state index in [4.69, 9.17) is 9.17 Å². The average Bonchev–Trinajstić information content (AvgIpc) is 2.80. The van der Waals surface area contributed by atoms with E-state index in [0.29, 0.717) is 35.5 Å². The number of rotatable bonds is 3. The molecule has 0 spiro atoms. The minimum absolute atomic E-state index is 0.0143. The molecule has 8 nitrogen and oxygen atoms in total. The molecule has 0 bridgehead atoms. The summed E-state index contributed by atoms with van der Waals surface area (Å²) in [7, 11) is -3.86. The second-order valence-electron chi connectivity index (χ2n) is 9.09. The van der Waals surface area contributed by atoms with Gasteiger partial charge in [-0.05, 0) is 30.9 Å². The number of benzene rings is 1. The standard InChI is InChI=1S/C25H22N4O4S/c1-14-19-9-8-18-22(25(19,2)12-15(13-26)21(14)30)28-23(29-24(18)33-34(3,31)32)17-10-11-27-20-7-5-4-6-16(17)20/h4-7,10-12,14,19H,8-9H2,1-3H3/t14-,19-,25-/m1/s1. The van der Waals surface area contributed by atoms with Crippen molar-refractivity contribution in [3.8, 4) is 23.3 Å². The zero-order chi connectivity index (χ0) is 24.3. The fraction of sp³-hybridized carbons (Fsp3) is 0.320. The molecule has 2 aromatic heterocycles. The Labute approximate surface area is 197 Å². The number of nitrogens with zero attached hydrogens (tertiary/aromatic N) is 4. The van der Waals surface area contributed by atoms with Crippen molar-refractivity contribution in [2.75, 3.05) is 6.26 Å². The number of aromatic nitrogens is 3. The maximum atomic E-state index is 12.7. The first-order valence-corrected chi connectivity index (χ1v) is 12.8. The molecule has 0 unspecified atom stereocenters. The fourth-order valence-corrected chi connectivity index (χ4v) is 5.79. The highest BCUT2D eigenvalue weighted by atomic mass is 32.2. The molecule has 0 amide bonds. The van der Waals surface area contributed by atoms with Crippen LogP contribution in [0.15, 0.2) is 48.2 Å². The molecule has 0 N–H and O–H groups in total. The van der Waals surface area contributed by atoms with E-state index in [1.165, 1.54) is 0 Å². The van der Waals surface area contributed by atoms with Crippen LogP contribution in [0.25, 0.3) is 22.3 Å². The summed E-state index contributed by atoms with van der Waals surface area (Å²) in [6.45, 7) is 3.79. The summed E-state index contributed by atoms with van der Waals surface area (Å²) in [6.07, 6.45) is 5.39. The summed E-state index contributed by atoms with van der Waals surface area (Å²) in [5.41, 5.74) is 1.93. The number of carbonyl (C=O) groups excluding carboxylic acids is 1. The van der Waals surface area contributed by atoms with Crippen LogP contribution in [0.5, 0.6) is 5.88 Å². The smallest absolute Gasteiger partial charge is 0.307 e. The third kappa shape index (κ3) is 3.46. The summed E-state index contributed by atoms with van der Waals surface area (Å²) >= 11 is 0. The normalized spacial score (nSPS) is 24.1. The highest BCUT2D eigenvalue weighted by molar-refractivity contribution is 7.86. The number of fused-ring (bicyclic) bond motifs is 4. The molecule has 0 fully saturated rings. The second kappa shape index (κ2) is 7.71.